The first-order chi connectivity index (χ1) is 9.03. The van der Waals surface area contributed by atoms with Crippen LogP contribution < -0.4 is 5.73 Å². The van der Waals surface area contributed by atoms with Crippen molar-refractivity contribution in [1.29, 1.82) is 0 Å². The van der Waals surface area contributed by atoms with Crippen LogP contribution >= 0.6 is 12.4 Å². The van der Waals surface area contributed by atoms with E-state index in [9.17, 15) is 9.18 Å². The van der Waals surface area contributed by atoms with E-state index in [1.165, 1.54) is 19.2 Å². The minimum Gasteiger partial charge on any atom is -0.468 e. The second-order valence-corrected chi connectivity index (χ2v) is 5.05. The van der Waals surface area contributed by atoms with E-state index >= 15 is 0 Å². The Hall–Kier alpha value is -1.17. The summed E-state index contributed by atoms with van der Waals surface area (Å²) < 4.78 is 17.5. The van der Waals surface area contributed by atoms with Gasteiger partial charge in [-0.05, 0) is 30.5 Å². The molecule has 1 aliphatic rings. The fraction of sp³-hybridized carbons (Fsp3) is 0.500. The third kappa shape index (κ3) is 3.91. The molecule has 0 unspecified atom stereocenters. The third-order valence-electron chi connectivity index (χ3n) is 3.66. The average molecular weight is 303 g/mol. The highest BCUT2D eigenvalue weighted by atomic mass is 35.5. The van der Waals surface area contributed by atoms with Crippen LogP contribution in [0, 0.1) is 5.82 Å². The lowest BCUT2D eigenvalue weighted by Gasteiger charge is -2.37. The predicted molar refractivity (Wildman–Crippen MR) is 77.1 cm³/mol. The largest absolute Gasteiger partial charge is 0.468 e. The molecule has 0 saturated carbocycles. The molecule has 0 spiro atoms. The van der Waals surface area contributed by atoms with Crippen molar-refractivity contribution in [1.82, 2.24) is 4.90 Å². The summed E-state index contributed by atoms with van der Waals surface area (Å²) in [5.41, 5.74) is 6.24. The number of hydrogen-bond acceptors (Lipinski definition) is 4. The molecule has 2 N–H and O–H groups in total. The Labute approximate surface area is 124 Å². The van der Waals surface area contributed by atoms with E-state index in [0.29, 0.717) is 12.8 Å². The zero-order valence-electron chi connectivity index (χ0n) is 11.5. The first-order valence-electron chi connectivity index (χ1n) is 6.37. The van der Waals surface area contributed by atoms with Gasteiger partial charge in [0.2, 0.25) is 0 Å². The van der Waals surface area contributed by atoms with Crippen molar-refractivity contribution in [3.63, 3.8) is 0 Å². The van der Waals surface area contributed by atoms with Gasteiger partial charge in [0.15, 0.2) is 0 Å². The smallest absolute Gasteiger partial charge is 0.325 e. The number of methoxy groups -OCH3 is 1. The maximum Gasteiger partial charge on any atom is 0.325 e. The number of nitrogens with two attached hydrogens (primary N) is 1. The van der Waals surface area contributed by atoms with Crippen LogP contribution in [0.5, 0.6) is 0 Å². The number of benzene rings is 1. The molecule has 20 heavy (non-hydrogen) atoms. The van der Waals surface area contributed by atoms with Crippen LogP contribution in [0.25, 0.3) is 0 Å². The first-order valence-corrected chi connectivity index (χ1v) is 6.37. The van der Waals surface area contributed by atoms with Gasteiger partial charge >= 0.3 is 5.97 Å². The number of halogens is 2. The lowest BCUT2D eigenvalue weighted by molar-refractivity contribution is -0.149. The van der Waals surface area contributed by atoms with Crippen LogP contribution in [0.4, 0.5) is 4.39 Å². The average Bonchev–Trinajstić information content (AvgIpc) is 2.43. The number of rotatable bonds is 3. The topological polar surface area (TPSA) is 55.6 Å². The molecule has 2 rings (SSSR count). The van der Waals surface area contributed by atoms with E-state index in [1.54, 1.807) is 12.1 Å². The molecule has 0 amide bonds. The van der Waals surface area contributed by atoms with Gasteiger partial charge < -0.3 is 10.5 Å². The fourth-order valence-corrected chi connectivity index (χ4v) is 2.37. The zero-order chi connectivity index (χ0) is 13.9. The van der Waals surface area contributed by atoms with Crippen molar-refractivity contribution in [2.75, 3.05) is 20.2 Å². The van der Waals surface area contributed by atoms with Gasteiger partial charge in [0.25, 0.3) is 0 Å². The van der Waals surface area contributed by atoms with Crippen molar-refractivity contribution in [2.24, 2.45) is 5.73 Å². The van der Waals surface area contributed by atoms with Crippen molar-refractivity contribution in [3.05, 3.63) is 35.6 Å². The fourth-order valence-electron chi connectivity index (χ4n) is 2.37. The number of carbonyl (C=O) groups excluding carboxylic acids is 1. The van der Waals surface area contributed by atoms with Crippen molar-refractivity contribution >= 4 is 18.4 Å². The van der Waals surface area contributed by atoms with E-state index in [4.69, 9.17) is 10.5 Å². The Morgan fingerprint density at radius 3 is 2.40 bits per heavy atom. The van der Waals surface area contributed by atoms with Gasteiger partial charge in [-0.15, -0.1) is 12.4 Å². The van der Waals surface area contributed by atoms with Crippen molar-refractivity contribution < 1.29 is 13.9 Å². The Balaban J connectivity index is 0.00000200. The van der Waals surface area contributed by atoms with E-state index < -0.39 is 5.54 Å². The molecule has 0 atom stereocenters. The van der Waals surface area contributed by atoms with Gasteiger partial charge in [-0.25, -0.2) is 4.39 Å². The molecule has 6 heteroatoms. The number of esters is 1. The second-order valence-electron chi connectivity index (χ2n) is 5.05. The summed E-state index contributed by atoms with van der Waals surface area (Å²) >= 11 is 0. The first kappa shape index (κ1) is 16.9. The van der Waals surface area contributed by atoms with Crippen LogP contribution in [-0.2, 0) is 16.1 Å². The molecule has 0 aliphatic carbocycles. The van der Waals surface area contributed by atoms with E-state index in [-0.39, 0.29) is 24.2 Å². The molecule has 1 saturated heterocycles. The quantitative estimate of drug-likeness (QED) is 0.864. The third-order valence-corrected chi connectivity index (χ3v) is 3.66. The Bertz CT molecular complexity index is 445. The summed E-state index contributed by atoms with van der Waals surface area (Å²) in [5.74, 6) is -0.567. The Morgan fingerprint density at radius 2 is 1.90 bits per heavy atom. The number of ether oxygens (including phenoxy) is 1. The molecule has 1 fully saturated rings. The molecule has 1 aromatic carbocycles. The molecule has 0 radical (unpaired) electrons. The number of carbonyl (C=O) groups is 1. The minimum absolute atomic E-state index is 0. The van der Waals surface area contributed by atoms with E-state index in [1.807, 2.05) is 0 Å². The molecule has 1 aliphatic heterocycles. The Kier molecular flexibility index (Phi) is 5.92. The SMILES string of the molecule is COC(=O)C1(N)CCN(Cc2ccc(F)cc2)CC1.Cl. The van der Waals surface area contributed by atoms with Crippen molar-refractivity contribution in [2.45, 2.75) is 24.9 Å². The summed E-state index contributed by atoms with van der Waals surface area (Å²) in [7, 11) is 1.36. The summed E-state index contributed by atoms with van der Waals surface area (Å²) in [6, 6.07) is 6.47. The van der Waals surface area contributed by atoms with Gasteiger partial charge in [0.1, 0.15) is 11.4 Å². The minimum atomic E-state index is -0.853. The maximum atomic E-state index is 12.8. The van der Waals surface area contributed by atoms with Crippen LogP contribution in [-0.4, -0.2) is 36.6 Å². The predicted octanol–water partition coefficient (Wildman–Crippen LogP) is 1.71. The number of hydrogen-bond donors (Lipinski definition) is 1. The van der Waals surface area contributed by atoms with E-state index in [2.05, 4.69) is 4.90 Å². The number of likely N-dealkylation sites (tertiary alicyclic amines) is 1. The number of piperidine rings is 1. The number of nitrogens with zero attached hydrogens (tertiary/aromatic N) is 1. The van der Waals surface area contributed by atoms with E-state index in [0.717, 1.165) is 25.2 Å². The van der Waals surface area contributed by atoms with Crippen LogP contribution in [0.3, 0.4) is 0 Å². The van der Waals surface area contributed by atoms with Gasteiger partial charge in [0, 0.05) is 19.6 Å². The summed E-state index contributed by atoms with van der Waals surface area (Å²) in [4.78, 5) is 13.8. The molecule has 1 heterocycles. The molecule has 1 aromatic rings. The standard InChI is InChI=1S/C14H19FN2O2.ClH/c1-19-13(18)14(16)6-8-17(9-7-14)10-11-2-4-12(15)5-3-11;/h2-5H,6-10,16H2,1H3;1H. The van der Waals surface area contributed by atoms with Gasteiger partial charge in [-0.1, -0.05) is 12.1 Å². The highest BCUT2D eigenvalue weighted by Gasteiger charge is 2.38. The maximum absolute atomic E-state index is 12.8. The molecular formula is C14H20ClFN2O2. The molecular weight excluding hydrogens is 283 g/mol. The van der Waals surface area contributed by atoms with Gasteiger partial charge in [-0.3, -0.25) is 9.69 Å². The summed E-state index contributed by atoms with van der Waals surface area (Å²) in [6.45, 7) is 2.23. The molecule has 0 bridgehead atoms. The van der Waals surface area contributed by atoms with Gasteiger partial charge in [0.05, 0.1) is 7.11 Å². The lowest BCUT2D eigenvalue weighted by Crippen LogP contribution is -2.55. The van der Waals surface area contributed by atoms with Crippen LogP contribution in [0.2, 0.25) is 0 Å². The highest BCUT2D eigenvalue weighted by molar-refractivity contribution is 5.85. The molecule has 4 nitrogen and oxygen atoms in total. The summed E-state index contributed by atoms with van der Waals surface area (Å²) in [6.07, 6.45) is 1.17. The molecule has 112 valence electrons. The van der Waals surface area contributed by atoms with Crippen LogP contribution in [0.15, 0.2) is 24.3 Å². The lowest BCUT2D eigenvalue weighted by atomic mass is 9.88. The Morgan fingerprint density at radius 1 is 1.35 bits per heavy atom. The highest BCUT2D eigenvalue weighted by Crippen LogP contribution is 2.22. The zero-order valence-corrected chi connectivity index (χ0v) is 12.3. The van der Waals surface area contributed by atoms with Crippen molar-refractivity contribution in [3.8, 4) is 0 Å². The molecule has 0 aromatic heterocycles. The monoisotopic (exact) mass is 302 g/mol. The van der Waals surface area contributed by atoms with Crippen LogP contribution in [0.1, 0.15) is 18.4 Å². The second kappa shape index (κ2) is 7.02. The normalized spacial score (nSPS) is 18.1. The van der Waals surface area contributed by atoms with Gasteiger partial charge in [-0.2, -0.15) is 0 Å². The summed E-state index contributed by atoms with van der Waals surface area (Å²) in [5, 5.41) is 0.